The van der Waals surface area contributed by atoms with Crippen molar-refractivity contribution in [2.24, 2.45) is 0 Å². The van der Waals surface area contributed by atoms with Crippen molar-refractivity contribution in [1.82, 2.24) is 25.5 Å². The third kappa shape index (κ3) is 4.69. The molecule has 3 N–H and O–H groups in total. The maximum absolute atomic E-state index is 12.6. The molecule has 1 unspecified atom stereocenters. The van der Waals surface area contributed by atoms with Gasteiger partial charge in [0.15, 0.2) is 0 Å². The number of hydrogen-bond donors (Lipinski definition) is 3. The van der Waals surface area contributed by atoms with Crippen LogP contribution in [0.25, 0.3) is 0 Å². The van der Waals surface area contributed by atoms with E-state index in [4.69, 9.17) is 0 Å². The third-order valence-electron chi connectivity index (χ3n) is 4.50. The summed E-state index contributed by atoms with van der Waals surface area (Å²) >= 11 is 0. The van der Waals surface area contributed by atoms with Gasteiger partial charge in [-0.15, -0.1) is 0 Å². The van der Waals surface area contributed by atoms with Crippen LogP contribution in [0.15, 0.2) is 42.7 Å². The van der Waals surface area contributed by atoms with Crippen molar-refractivity contribution in [2.75, 3.05) is 11.9 Å². The highest BCUT2D eigenvalue weighted by atomic mass is 16.2. The summed E-state index contributed by atoms with van der Waals surface area (Å²) in [6.07, 6.45) is 4.47. The van der Waals surface area contributed by atoms with Gasteiger partial charge < -0.3 is 10.6 Å². The van der Waals surface area contributed by atoms with Crippen LogP contribution in [0, 0.1) is 13.8 Å². The van der Waals surface area contributed by atoms with Crippen LogP contribution in [-0.4, -0.2) is 32.6 Å². The molecule has 0 aliphatic heterocycles. The number of H-pyrrole nitrogens is 1. The molecule has 0 saturated carbocycles. The molecule has 2 heterocycles. The fraction of sp³-hybridized carbons (Fsp3) is 0.300. The highest BCUT2D eigenvalue weighted by Crippen LogP contribution is 2.16. The Hall–Kier alpha value is -3.22. The summed E-state index contributed by atoms with van der Waals surface area (Å²) in [4.78, 5) is 21.4. The summed E-state index contributed by atoms with van der Waals surface area (Å²) in [6, 6.07) is 9.69. The van der Waals surface area contributed by atoms with E-state index < -0.39 is 0 Å². The summed E-state index contributed by atoms with van der Waals surface area (Å²) in [5.41, 5.74) is 3.87. The van der Waals surface area contributed by atoms with Crippen molar-refractivity contribution in [3.05, 3.63) is 70.9 Å². The first-order valence-corrected chi connectivity index (χ1v) is 8.97. The molecule has 1 atom stereocenters. The molecular weight excluding hydrogens is 340 g/mol. The number of aryl methyl sites for hydroxylation is 1. The van der Waals surface area contributed by atoms with Crippen molar-refractivity contribution in [2.45, 2.75) is 33.2 Å². The largest absolute Gasteiger partial charge is 0.369 e. The number of anilines is 1. The zero-order valence-electron chi connectivity index (χ0n) is 15.8. The molecule has 0 spiro atoms. The van der Waals surface area contributed by atoms with Crippen LogP contribution >= 0.6 is 0 Å². The van der Waals surface area contributed by atoms with Gasteiger partial charge in [-0.05, 0) is 38.3 Å². The molecule has 0 aliphatic carbocycles. The number of carbonyl (C=O) groups excluding carboxylic acids is 1. The Bertz CT molecular complexity index is 892. The van der Waals surface area contributed by atoms with Gasteiger partial charge in [-0.3, -0.25) is 9.89 Å². The summed E-state index contributed by atoms with van der Waals surface area (Å²) in [6.45, 7) is 6.47. The van der Waals surface area contributed by atoms with Gasteiger partial charge in [0.1, 0.15) is 5.82 Å². The van der Waals surface area contributed by atoms with Gasteiger partial charge in [-0.2, -0.15) is 5.10 Å². The second-order valence-electron chi connectivity index (χ2n) is 6.50. The molecular formula is C20H24N6O. The fourth-order valence-electron chi connectivity index (χ4n) is 2.73. The first-order chi connectivity index (χ1) is 13.0. The lowest BCUT2D eigenvalue weighted by Crippen LogP contribution is -2.29. The van der Waals surface area contributed by atoms with Gasteiger partial charge >= 0.3 is 0 Å². The number of rotatable bonds is 7. The Morgan fingerprint density at radius 2 is 1.96 bits per heavy atom. The SMILES string of the molecule is Cc1nc(C(=O)NC(C)c2ccccc2)nc(NCCc2cn[nH]c2)c1C. The van der Waals surface area contributed by atoms with E-state index in [0.717, 1.165) is 28.8 Å². The Morgan fingerprint density at radius 1 is 1.19 bits per heavy atom. The average Bonchev–Trinajstić information content (AvgIpc) is 3.19. The van der Waals surface area contributed by atoms with Gasteiger partial charge in [0, 0.05) is 24.0 Å². The van der Waals surface area contributed by atoms with E-state index >= 15 is 0 Å². The summed E-state index contributed by atoms with van der Waals surface area (Å²) in [5.74, 6) is 0.572. The van der Waals surface area contributed by atoms with Crippen LogP contribution in [0.1, 0.15) is 46.0 Å². The fourth-order valence-corrected chi connectivity index (χ4v) is 2.73. The highest BCUT2D eigenvalue weighted by Gasteiger charge is 2.17. The molecule has 1 amide bonds. The minimum Gasteiger partial charge on any atom is -0.369 e. The summed E-state index contributed by atoms with van der Waals surface area (Å²) in [5, 5.41) is 13.0. The number of amides is 1. The van der Waals surface area contributed by atoms with Crippen LogP contribution in [0.3, 0.4) is 0 Å². The monoisotopic (exact) mass is 364 g/mol. The number of aromatic amines is 1. The number of carbonyl (C=O) groups is 1. The number of hydrogen-bond acceptors (Lipinski definition) is 5. The topological polar surface area (TPSA) is 95.6 Å². The first kappa shape index (κ1) is 18.6. The van der Waals surface area contributed by atoms with E-state index in [-0.39, 0.29) is 17.8 Å². The quantitative estimate of drug-likeness (QED) is 0.599. The predicted octanol–water partition coefficient (Wildman–Crippen LogP) is 2.96. The lowest BCUT2D eigenvalue weighted by Gasteiger charge is -2.15. The number of nitrogens with zero attached hydrogens (tertiary/aromatic N) is 3. The highest BCUT2D eigenvalue weighted by molar-refractivity contribution is 5.91. The van der Waals surface area contributed by atoms with E-state index in [1.54, 1.807) is 6.20 Å². The molecule has 7 nitrogen and oxygen atoms in total. The van der Waals surface area contributed by atoms with E-state index in [0.29, 0.717) is 12.4 Å². The zero-order valence-corrected chi connectivity index (χ0v) is 15.8. The lowest BCUT2D eigenvalue weighted by atomic mass is 10.1. The Balaban J connectivity index is 1.69. The number of benzene rings is 1. The second-order valence-corrected chi connectivity index (χ2v) is 6.50. The maximum Gasteiger partial charge on any atom is 0.289 e. The van der Waals surface area contributed by atoms with Crippen molar-refractivity contribution in [3.63, 3.8) is 0 Å². The molecule has 3 rings (SSSR count). The van der Waals surface area contributed by atoms with Gasteiger partial charge in [0.25, 0.3) is 5.91 Å². The van der Waals surface area contributed by atoms with Crippen LogP contribution < -0.4 is 10.6 Å². The minimum atomic E-state index is -0.285. The smallest absolute Gasteiger partial charge is 0.289 e. The van der Waals surface area contributed by atoms with Crippen LogP contribution in [-0.2, 0) is 6.42 Å². The van der Waals surface area contributed by atoms with Gasteiger partial charge in [0.05, 0.1) is 12.2 Å². The van der Waals surface area contributed by atoms with Gasteiger partial charge in [-0.1, -0.05) is 30.3 Å². The molecule has 1 aromatic carbocycles. The van der Waals surface area contributed by atoms with Crippen molar-refractivity contribution >= 4 is 11.7 Å². The van der Waals surface area contributed by atoms with Crippen molar-refractivity contribution in [1.29, 1.82) is 0 Å². The van der Waals surface area contributed by atoms with Gasteiger partial charge in [0.2, 0.25) is 5.82 Å². The Morgan fingerprint density at radius 3 is 2.67 bits per heavy atom. The normalized spacial score (nSPS) is 11.8. The van der Waals surface area contributed by atoms with Gasteiger partial charge in [-0.25, -0.2) is 9.97 Å². The molecule has 2 aromatic heterocycles. The lowest BCUT2D eigenvalue weighted by molar-refractivity contribution is 0.0929. The first-order valence-electron chi connectivity index (χ1n) is 8.97. The predicted molar refractivity (Wildman–Crippen MR) is 105 cm³/mol. The summed E-state index contributed by atoms with van der Waals surface area (Å²) < 4.78 is 0. The zero-order chi connectivity index (χ0) is 19.2. The molecule has 0 aliphatic rings. The molecule has 27 heavy (non-hydrogen) atoms. The van der Waals surface area contributed by atoms with E-state index in [9.17, 15) is 4.79 Å². The van der Waals surface area contributed by atoms with Crippen LogP contribution in [0.4, 0.5) is 5.82 Å². The van der Waals surface area contributed by atoms with E-state index in [1.165, 1.54) is 0 Å². The van der Waals surface area contributed by atoms with E-state index in [2.05, 4.69) is 30.8 Å². The molecule has 0 radical (unpaired) electrons. The number of nitrogens with one attached hydrogen (secondary N) is 3. The third-order valence-corrected chi connectivity index (χ3v) is 4.50. The van der Waals surface area contributed by atoms with Crippen molar-refractivity contribution in [3.8, 4) is 0 Å². The standard InChI is InChI=1S/C20H24N6O/c1-13-14(2)24-19(20(27)25-15(3)17-7-5-4-6-8-17)26-18(13)21-10-9-16-11-22-23-12-16/h4-8,11-12,15H,9-10H2,1-3H3,(H,22,23)(H,25,27)(H,21,24,26). The van der Waals surface area contributed by atoms with E-state index in [1.807, 2.05) is 57.3 Å². The maximum atomic E-state index is 12.6. The minimum absolute atomic E-state index is 0.124. The van der Waals surface area contributed by atoms with Crippen LogP contribution in [0.5, 0.6) is 0 Å². The Kier molecular flexibility index (Phi) is 5.80. The molecule has 3 aromatic rings. The average molecular weight is 364 g/mol. The molecule has 140 valence electrons. The molecule has 0 saturated heterocycles. The number of aromatic nitrogens is 4. The second kappa shape index (κ2) is 8.44. The van der Waals surface area contributed by atoms with Crippen LogP contribution in [0.2, 0.25) is 0 Å². The molecule has 0 fully saturated rings. The Labute approximate surface area is 158 Å². The van der Waals surface area contributed by atoms with Crippen molar-refractivity contribution < 1.29 is 4.79 Å². The molecule has 0 bridgehead atoms. The molecule has 7 heteroatoms. The summed E-state index contributed by atoms with van der Waals surface area (Å²) in [7, 11) is 0.